The maximum Gasteiger partial charge on any atom is 0.347 e. The molecule has 1 aliphatic heterocycles. The topological polar surface area (TPSA) is 146 Å². The first-order valence-corrected chi connectivity index (χ1v) is 11.2. The van der Waals surface area contributed by atoms with Gasteiger partial charge in [-0.2, -0.15) is 9.97 Å². The Bertz CT molecular complexity index is 1400. The maximum atomic E-state index is 11.4. The van der Waals surface area contributed by atoms with Crippen LogP contribution in [0.1, 0.15) is 27.9 Å². The van der Waals surface area contributed by atoms with E-state index in [9.17, 15) is 9.90 Å². The second-order valence-corrected chi connectivity index (χ2v) is 8.35. The highest BCUT2D eigenvalue weighted by Gasteiger charge is 2.21. The normalized spacial score (nSPS) is 12.2. The lowest BCUT2D eigenvalue weighted by atomic mass is 10.2. The van der Waals surface area contributed by atoms with Crippen LogP contribution < -0.4 is 24.8 Å². The van der Waals surface area contributed by atoms with Gasteiger partial charge in [0.05, 0.1) is 19.1 Å². The summed E-state index contributed by atoms with van der Waals surface area (Å²) in [4.78, 5) is 29.3. The minimum absolute atomic E-state index is 0.152. The smallest absolute Gasteiger partial charge is 0.347 e. The number of hydrogen-bond donors (Lipinski definition) is 3. The van der Waals surface area contributed by atoms with Crippen LogP contribution in [-0.4, -0.2) is 49.5 Å². The number of fused-ring (bicyclic) bond motifs is 2. The molecule has 3 N–H and O–H groups in total. The molecule has 13 heteroatoms. The molecule has 0 saturated carbocycles. The number of thiazole rings is 1. The van der Waals surface area contributed by atoms with E-state index < -0.39 is 5.97 Å². The van der Waals surface area contributed by atoms with E-state index in [1.165, 1.54) is 0 Å². The Morgan fingerprint density at radius 1 is 1.29 bits per heavy atom. The van der Waals surface area contributed by atoms with Gasteiger partial charge in [0.15, 0.2) is 28.1 Å². The van der Waals surface area contributed by atoms with Gasteiger partial charge in [-0.1, -0.05) is 11.3 Å². The third kappa shape index (κ3) is 3.90. The molecule has 176 valence electrons. The number of nitrogens with one attached hydrogen (secondary N) is 2. The summed E-state index contributed by atoms with van der Waals surface area (Å²) in [6.07, 6.45) is 1.70. The van der Waals surface area contributed by atoms with Crippen molar-refractivity contribution in [2.24, 2.45) is 0 Å². The fraction of sp³-hybridized carbons (Fsp3) is 0.286. The Kier molecular flexibility index (Phi) is 5.53. The van der Waals surface area contributed by atoms with Crippen LogP contribution in [0.25, 0.3) is 11.2 Å². The monoisotopic (exact) mass is 483 g/mol. The van der Waals surface area contributed by atoms with Crippen LogP contribution in [-0.2, 0) is 13.1 Å². The SMILES string of the molecule is CCn1cnc2nc(Nc3nc(C)c(C(=O)O)s3)nc(NCc3cc(OC)c4c(c3)OCO4)c21. The summed E-state index contributed by atoms with van der Waals surface area (Å²) in [6.45, 7) is 4.91. The number of carboxylic acids is 1. The minimum Gasteiger partial charge on any atom is -0.493 e. The third-order valence-corrected chi connectivity index (χ3v) is 6.26. The number of methoxy groups -OCH3 is 1. The van der Waals surface area contributed by atoms with Gasteiger partial charge in [-0.25, -0.2) is 14.8 Å². The van der Waals surface area contributed by atoms with Crippen molar-refractivity contribution in [3.8, 4) is 17.2 Å². The fourth-order valence-electron chi connectivity index (χ4n) is 3.61. The average Bonchev–Trinajstić information content (AvgIpc) is 3.54. The van der Waals surface area contributed by atoms with Gasteiger partial charge in [-0.3, -0.25) is 5.32 Å². The van der Waals surface area contributed by atoms with E-state index in [0.29, 0.717) is 52.6 Å². The zero-order valence-electron chi connectivity index (χ0n) is 18.6. The molecular formula is C21H21N7O5S. The van der Waals surface area contributed by atoms with Gasteiger partial charge in [-0.05, 0) is 31.5 Å². The van der Waals surface area contributed by atoms with Gasteiger partial charge in [0.1, 0.15) is 10.4 Å². The second kappa shape index (κ2) is 8.67. The molecule has 34 heavy (non-hydrogen) atoms. The molecule has 0 fully saturated rings. The molecule has 0 amide bonds. The van der Waals surface area contributed by atoms with Gasteiger partial charge >= 0.3 is 5.97 Å². The predicted octanol–water partition coefficient (Wildman–Crippen LogP) is 3.40. The van der Waals surface area contributed by atoms with Crippen molar-refractivity contribution < 1.29 is 24.1 Å². The van der Waals surface area contributed by atoms with Crippen LogP contribution in [0.15, 0.2) is 18.5 Å². The number of anilines is 3. The molecule has 0 radical (unpaired) electrons. The Morgan fingerprint density at radius 3 is 2.88 bits per heavy atom. The lowest BCUT2D eigenvalue weighted by Gasteiger charge is -2.12. The van der Waals surface area contributed by atoms with Crippen LogP contribution in [0, 0.1) is 6.92 Å². The van der Waals surface area contributed by atoms with Crippen molar-refractivity contribution in [3.63, 3.8) is 0 Å². The number of imidazole rings is 1. The van der Waals surface area contributed by atoms with E-state index in [1.54, 1.807) is 20.4 Å². The summed E-state index contributed by atoms with van der Waals surface area (Å²) >= 11 is 1.02. The number of aromatic carboxylic acids is 1. The predicted molar refractivity (Wildman–Crippen MR) is 125 cm³/mol. The highest BCUT2D eigenvalue weighted by atomic mass is 32.1. The molecule has 4 aromatic rings. The molecule has 3 aromatic heterocycles. The maximum absolute atomic E-state index is 11.4. The number of nitrogens with zero attached hydrogens (tertiary/aromatic N) is 5. The van der Waals surface area contributed by atoms with Crippen LogP contribution in [0.5, 0.6) is 17.2 Å². The van der Waals surface area contributed by atoms with Crippen LogP contribution >= 0.6 is 11.3 Å². The van der Waals surface area contributed by atoms with Crippen LogP contribution in [0.2, 0.25) is 0 Å². The number of carboxylic acid groups (broad SMARTS) is 1. The van der Waals surface area contributed by atoms with E-state index in [0.717, 1.165) is 22.4 Å². The highest BCUT2D eigenvalue weighted by Crippen LogP contribution is 2.42. The molecule has 1 aliphatic rings. The van der Waals surface area contributed by atoms with Crippen molar-refractivity contribution in [2.45, 2.75) is 26.9 Å². The molecule has 5 rings (SSSR count). The molecule has 0 unspecified atom stereocenters. The van der Waals surface area contributed by atoms with Crippen LogP contribution in [0.3, 0.4) is 0 Å². The van der Waals surface area contributed by atoms with E-state index in [2.05, 4.69) is 30.6 Å². The number of carbonyl (C=O) groups is 1. The lowest BCUT2D eigenvalue weighted by molar-refractivity contribution is 0.0701. The summed E-state index contributed by atoms with van der Waals surface area (Å²) < 4.78 is 18.3. The van der Waals surface area contributed by atoms with Crippen molar-refractivity contribution in [2.75, 3.05) is 24.5 Å². The molecule has 12 nitrogen and oxygen atoms in total. The summed E-state index contributed by atoms with van der Waals surface area (Å²) in [6, 6.07) is 3.76. The number of rotatable bonds is 8. The Morgan fingerprint density at radius 2 is 2.15 bits per heavy atom. The molecule has 0 saturated heterocycles. The fourth-order valence-corrected chi connectivity index (χ4v) is 4.41. The lowest BCUT2D eigenvalue weighted by Crippen LogP contribution is -2.07. The molecule has 4 heterocycles. The summed E-state index contributed by atoms with van der Waals surface area (Å²) in [5.74, 6) is 1.60. The molecule has 0 bridgehead atoms. The van der Waals surface area contributed by atoms with Crippen molar-refractivity contribution in [3.05, 3.63) is 34.6 Å². The van der Waals surface area contributed by atoms with Gasteiger partial charge in [0, 0.05) is 13.1 Å². The first kappa shape index (κ1) is 21.7. The first-order chi connectivity index (χ1) is 16.5. The largest absolute Gasteiger partial charge is 0.493 e. The Balaban J connectivity index is 1.47. The zero-order valence-corrected chi connectivity index (χ0v) is 19.4. The zero-order chi connectivity index (χ0) is 23.8. The average molecular weight is 484 g/mol. The number of ether oxygens (including phenoxy) is 3. The van der Waals surface area contributed by atoms with Gasteiger partial charge in [0.2, 0.25) is 18.5 Å². The van der Waals surface area contributed by atoms with E-state index in [1.807, 2.05) is 23.6 Å². The quantitative estimate of drug-likeness (QED) is 0.339. The van der Waals surface area contributed by atoms with Crippen LogP contribution in [0.4, 0.5) is 16.9 Å². The van der Waals surface area contributed by atoms with Crippen molar-refractivity contribution >= 4 is 45.4 Å². The summed E-state index contributed by atoms with van der Waals surface area (Å²) in [7, 11) is 1.58. The van der Waals surface area contributed by atoms with Gasteiger partial charge < -0.3 is 29.2 Å². The number of hydrogen-bond acceptors (Lipinski definition) is 11. The van der Waals surface area contributed by atoms with E-state index >= 15 is 0 Å². The van der Waals surface area contributed by atoms with Crippen molar-refractivity contribution in [1.29, 1.82) is 0 Å². The second-order valence-electron chi connectivity index (χ2n) is 7.35. The van der Waals surface area contributed by atoms with E-state index in [4.69, 9.17) is 14.2 Å². The van der Waals surface area contributed by atoms with E-state index in [-0.39, 0.29) is 17.6 Å². The number of aromatic nitrogens is 5. The summed E-state index contributed by atoms with van der Waals surface area (Å²) in [5.41, 5.74) is 2.58. The Labute approximate surface area is 197 Å². The number of benzene rings is 1. The molecule has 0 atom stereocenters. The molecular weight excluding hydrogens is 462 g/mol. The van der Waals surface area contributed by atoms with Gasteiger partial charge in [0.25, 0.3) is 0 Å². The third-order valence-electron chi connectivity index (χ3n) is 5.20. The molecule has 0 spiro atoms. The number of aryl methyl sites for hydroxylation is 2. The standard InChI is InChI=1S/C21H21N7O5S/c1-4-28-8-23-18-14(28)17(22-7-11-5-12(31-3)15-13(6-11)32-9-33-15)25-20(26-18)27-21-24-10(2)16(34-21)19(29)30/h5-6,8H,4,7,9H2,1-3H3,(H,29,30)(H2,22,24,25,26,27). The first-order valence-electron chi connectivity index (χ1n) is 10.4. The Hall–Kier alpha value is -4.13. The van der Waals surface area contributed by atoms with Crippen molar-refractivity contribution in [1.82, 2.24) is 24.5 Å². The minimum atomic E-state index is -1.03. The highest BCUT2D eigenvalue weighted by molar-refractivity contribution is 7.17. The van der Waals surface area contributed by atoms with Gasteiger partial charge in [-0.15, -0.1) is 0 Å². The summed E-state index contributed by atoms with van der Waals surface area (Å²) in [5, 5.41) is 16.0. The molecule has 1 aromatic carbocycles. The molecule has 0 aliphatic carbocycles.